The molecule has 4 heteroatoms. The van der Waals surface area contributed by atoms with Crippen molar-refractivity contribution >= 4 is 5.97 Å². The van der Waals surface area contributed by atoms with Gasteiger partial charge in [0.1, 0.15) is 0 Å². The minimum atomic E-state index is -0.176. The molecule has 0 N–H and O–H groups in total. The van der Waals surface area contributed by atoms with Gasteiger partial charge in [0.15, 0.2) is 0 Å². The van der Waals surface area contributed by atoms with E-state index >= 15 is 0 Å². The zero-order valence-electron chi connectivity index (χ0n) is 10.6. The molecule has 0 saturated heterocycles. The fourth-order valence-electron chi connectivity index (χ4n) is 1.67. The lowest BCUT2D eigenvalue weighted by Gasteiger charge is -2.19. The number of carbonyl (C=O) groups is 1. The Morgan fingerprint density at radius 3 is 2.88 bits per heavy atom. The molecule has 1 rings (SSSR count). The third-order valence-corrected chi connectivity index (χ3v) is 2.56. The number of esters is 1. The first-order valence-electron chi connectivity index (χ1n) is 5.94. The molecule has 0 fully saturated rings. The van der Waals surface area contributed by atoms with Crippen LogP contribution in [-0.4, -0.2) is 42.6 Å². The summed E-state index contributed by atoms with van der Waals surface area (Å²) in [5, 5.41) is 0. The highest BCUT2D eigenvalue weighted by molar-refractivity contribution is 5.71. The minimum Gasteiger partial charge on any atom is -0.468 e. The smallest absolute Gasteiger partial charge is 0.319 e. The van der Waals surface area contributed by atoms with Crippen LogP contribution in [0.4, 0.5) is 0 Å². The molecule has 1 aromatic rings. The monoisotopic (exact) mass is 236 g/mol. The molecule has 0 atom stereocenters. The highest BCUT2D eigenvalue weighted by Gasteiger charge is 2.09. The Balaban J connectivity index is 2.41. The molecule has 0 unspecified atom stereocenters. The van der Waals surface area contributed by atoms with Gasteiger partial charge in [0.25, 0.3) is 0 Å². The van der Waals surface area contributed by atoms with Crippen LogP contribution in [-0.2, 0) is 16.0 Å². The Morgan fingerprint density at radius 2 is 2.29 bits per heavy atom. The quantitative estimate of drug-likeness (QED) is 0.673. The van der Waals surface area contributed by atoms with E-state index < -0.39 is 0 Å². The van der Waals surface area contributed by atoms with E-state index in [4.69, 9.17) is 0 Å². The van der Waals surface area contributed by atoms with Gasteiger partial charge in [-0.15, -0.1) is 0 Å². The molecule has 1 heterocycles. The molecule has 0 saturated carbocycles. The fraction of sp³-hybridized carbons (Fsp3) is 0.538. The predicted molar refractivity (Wildman–Crippen MR) is 66.7 cm³/mol. The molecule has 0 spiro atoms. The van der Waals surface area contributed by atoms with E-state index in [9.17, 15) is 4.79 Å². The van der Waals surface area contributed by atoms with Gasteiger partial charge >= 0.3 is 5.97 Å². The van der Waals surface area contributed by atoms with Crippen LogP contribution in [0.1, 0.15) is 18.9 Å². The van der Waals surface area contributed by atoms with Gasteiger partial charge in [-0.05, 0) is 31.0 Å². The van der Waals surface area contributed by atoms with Crippen molar-refractivity contribution in [3.63, 3.8) is 0 Å². The summed E-state index contributed by atoms with van der Waals surface area (Å²) >= 11 is 0. The van der Waals surface area contributed by atoms with Crippen molar-refractivity contribution in [3.8, 4) is 0 Å². The second-order valence-electron chi connectivity index (χ2n) is 3.96. The first kappa shape index (κ1) is 13.6. The first-order valence-corrected chi connectivity index (χ1v) is 5.94. The Labute approximate surface area is 103 Å². The van der Waals surface area contributed by atoms with Crippen LogP contribution in [0, 0.1) is 0 Å². The van der Waals surface area contributed by atoms with Crippen molar-refractivity contribution in [2.45, 2.75) is 19.8 Å². The lowest BCUT2D eigenvalue weighted by atomic mass is 10.2. The highest BCUT2D eigenvalue weighted by atomic mass is 16.5. The van der Waals surface area contributed by atoms with Crippen LogP contribution >= 0.6 is 0 Å². The molecule has 4 nitrogen and oxygen atoms in total. The number of rotatable bonds is 7. The predicted octanol–water partition coefficient (Wildman–Crippen LogP) is 1.51. The summed E-state index contributed by atoms with van der Waals surface area (Å²) in [4.78, 5) is 17.4. The largest absolute Gasteiger partial charge is 0.468 e. The summed E-state index contributed by atoms with van der Waals surface area (Å²) in [7, 11) is 1.42. The van der Waals surface area contributed by atoms with E-state index in [1.807, 2.05) is 12.3 Å². The summed E-state index contributed by atoms with van der Waals surface area (Å²) in [6, 6.07) is 3.98. The highest BCUT2D eigenvalue weighted by Crippen LogP contribution is 2.00. The number of hydrogen-bond donors (Lipinski definition) is 0. The topological polar surface area (TPSA) is 42.4 Å². The summed E-state index contributed by atoms with van der Waals surface area (Å²) in [5.74, 6) is -0.176. The van der Waals surface area contributed by atoms with Gasteiger partial charge < -0.3 is 4.74 Å². The van der Waals surface area contributed by atoms with Crippen LogP contribution in [0.25, 0.3) is 0 Å². The van der Waals surface area contributed by atoms with E-state index in [0.717, 1.165) is 25.9 Å². The molecule has 0 aliphatic carbocycles. The number of hydrogen-bond acceptors (Lipinski definition) is 4. The molecular formula is C13H20N2O2. The lowest BCUT2D eigenvalue weighted by molar-refractivity contribution is -0.141. The minimum absolute atomic E-state index is 0.176. The molecule has 0 aliphatic heterocycles. The van der Waals surface area contributed by atoms with E-state index in [1.165, 1.54) is 12.7 Å². The van der Waals surface area contributed by atoms with Gasteiger partial charge in [-0.2, -0.15) is 0 Å². The van der Waals surface area contributed by atoms with E-state index in [1.54, 1.807) is 6.20 Å². The second-order valence-corrected chi connectivity index (χ2v) is 3.96. The molecule has 0 amide bonds. The van der Waals surface area contributed by atoms with E-state index in [0.29, 0.717) is 6.54 Å². The van der Waals surface area contributed by atoms with Crippen molar-refractivity contribution < 1.29 is 9.53 Å². The van der Waals surface area contributed by atoms with Gasteiger partial charge in [0.05, 0.1) is 13.7 Å². The van der Waals surface area contributed by atoms with Crippen molar-refractivity contribution in [2.24, 2.45) is 0 Å². The lowest BCUT2D eigenvalue weighted by Crippen LogP contribution is -2.33. The van der Waals surface area contributed by atoms with Crippen molar-refractivity contribution in [3.05, 3.63) is 30.1 Å². The summed E-state index contributed by atoms with van der Waals surface area (Å²) < 4.78 is 4.69. The van der Waals surface area contributed by atoms with Gasteiger partial charge in [-0.25, -0.2) is 0 Å². The number of nitrogens with zero attached hydrogens (tertiary/aromatic N) is 2. The number of methoxy groups -OCH3 is 1. The first-order chi connectivity index (χ1) is 8.26. The number of carbonyl (C=O) groups excluding carboxylic acids is 1. The average molecular weight is 236 g/mol. The fourth-order valence-corrected chi connectivity index (χ4v) is 1.67. The normalized spacial score (nSPS) is 10.5. The van der Waals surface area contributed by atoms with E-state index in [-0.39, 0.29) is 5.97 Å². The molecule has 1 aromatic heterocycles. The van der Waals surface area contributed by atoms with Crippen molar-refractivity contribution in [1.82, 2.24) is 9.88 Å². The SMILES string of the molecule is CCCN(CCc1cccnc1)CC(=O)OC. The molecule has 0 aromatic carbocycles. The zero-order chi connectivity index (χ0) is 12.5. The molecule has 0 bridgehead atoms. The second kappa shape index (κ2) is 7.79. The number of pyridine rings is 1. The van der Waals surface area contributed by atoms with E-state index in [2.05, 4.69) is 27.6 Å². The van der Waals surface area contributed by atoms with Gasteiger partial charge in [-0.1, -0.05) is 13.0 Å². The van der Waals surface area contributed by atoms with Crippen LogP contribution in [0.2, 0.25) is 0 Å². The third-order valence-electron chi connectivity index (χ3n) is 2.56. The average Bonchev–Trinajstić information content (AvgIpc) is 2.37. The van der Waals surface area contributed by atoms with Gasteiger partial charge in [0.2, 0.25) is 0 Å². The molecule has 17 heavy (non-hydrogen) atoms. The van der Waals surface area contributed by atoms with Gasteiger partial charge in [0, 0.05) is 18.9 Å². The molecular weight excluding hydrogens is 216 g/mol. The zero-order valence-corrected chi connectivity index (χ0v) is 10.6. The van der Waals surface area contributed by atoms with Crippen LogP contribution in [0.5, 0.6) is 0 Å². The van der Waals surface area contributed by atoms with Crippen molar-refractivity contribution in [2.75, 3.05) is 26.7 Å². The Morgan fingerprint density at radius 1 is 1.47 bits per heavy atom. The summed E-state index contributed by atoms with van der Waals surface area (Å²) in [6.45, 7) is 4.24. The standard InChI is InChI=1S/C13H20N2O2/c1-3-8-15(11-13(16)17-2)9-6-12-5-4-7-14-10-12/h4-5,7,10H,3,6,8-9,11H2,1-2H3. The molecule has 94 valence electrons. The molecule has 0 radical (unpaired) electrons. The van der Waals surface area contributed by atoms with Crippen LogP contribution in [0.15, 0.2) is 24.5 Å². The van der Waals surface area contributed by atoms with Gasteiger partial charge in [-0.3, -0.25) is 14.7 Å². The third kappa shape index (κ3) is 5.45. The summed E-state index contributed by atoms with van der Waals surface area (Å²) in [6.07, 6.45) is 5.57. The maximum atomic E-state index is 11.2. The van der Waals surface area contributed by atoms with Crippen LogP contribution in [0.3, 0.4) is 0 Å². The number of aromatic nitrogens is 1. The summed E-state index contributed by atoms with van der Waals surface area (Å²) in [5.41, 5.74) is 1.19. The molecule has 0 aliphatic rings. The Kier molecular flexibility index (Phi) is 6.25. The maximum Gasteiger partial charge on any atom is 0.319 e. The Bertz CT molecular complexity index is 327. The Hall–Kier alpha value is -1.42. The van der Waals surface area contributed by atoms with Crippen LogP contribution < -0.4 is 0 Å². The maximum absolute atomic E-state index is 11.2. The van der Waals surface area contributed by atoms with Crippen molar-refractivity contribution in [1.29, 1.82) is 0 Å². The number of ether oxygens (including phenoxy) is 1.